The molecule has 0 aromatic carbocycles. The summed E-state index contributed by atoms with van der Waals surface area (Å²) >= 11 is 0. The zero-order chi connectivity index (χ0) is 20.4. The summed E-state index contributed by atoms with van der Waals surface area (Å²) < 4.78 is 34.5. The molecular weight excluding hydrogens is 399 g/mol. The molecule has 1 N–H and O–H groups in total. The number of aliphatic hydroxyl groups is 1. The predicted octanol–water partition coefficient (Wildman–Crippen LogP) is 3.33. The first-order valence-electron chi connectivity index (χ1n) is 11.5. The van der Waals surface area contributed by atoms with Crippen molar-refractivity contribution in [1.82, 2.24) is 0 Å². The van der Waals surface area contributed by atoms with Crippen molar-refractivity contribution in [3.63, 3.8) is 0 Å². The molecule has 0 spiro atoms. The molecule has 0 amide bonds. The Kier molecular flexibility index (Phi) is 24.6. The van der Waals surface area contributed by atoms with E-state index in [0.29, 0.717) is 12.8 Å². The first kappa shape index (κ1) is 31.7. The van der Waals surface area contributed by atoms with Crippen LogP contribution in [-0.4, -0.2) is 29.4 Å². The van der Waals surface area contributed by atoms with Crippen LogP contribution >= 0.6 is 0 Å². The van der Waals surface area contributed by atoms with Gasteiger partial charge in [0.05, 0.1) is 16.2 Å². The molecule has 0 radical (unpaired) electrons. The van der Waals surface area contributed by atoms with Crippen molar-refractivity contribution in [2.75, 3.05) is 0 Å². The first-order chi connectivity index (χ1) is 12.9. The second kappa shape index (κ2) is 21.7. The summed E-state index contributed by atoms with van der Waals surface area (Å²) in [6.45, 7) is 4.29. The molecule has 0 aromatic rings. The SMILES string of the molecule is CCCCCCCCCCC(CCCCCCCC(O)CCC)S(=O)(=O)[O-].[K+]. The van der Waals surface area contributed by atoms with E-state index >= 15 is 0 Å². The molecule has 2 atom stereocenters. The average molecular weight is 445 g/mol. The molecule has 28 heavy (non-hydrogen) atoms. The van der Waals surface area contributed by atoms with Gasteiger partial charge in [-0.2, -0.15) is 0 Å². The number of hydrogen-bond donors (Lipinski definition) is 1. The van der Waals surface area contributed by atoms with Gasteiger partial charge in [-0.15, -0.1) is 0 Å². The summed E-state index contributed by atoms with van der Waals surface area (Å²) in [6.07, 6.45) is 18.0. The van der Waals surface area contributed by atoms with Crippen LogP contribution in [0.3, 0.4) is 0 Å². The van der Waals surface area contributed by atoms with E-state index in [1.165, 1.54) is 32.1 Å². The molecule has 0 heterocycles. The van der Waals surface area contributed by atoms with Crippen LogP contribution in [0.5, 0.6) is 0 Å². The van der Waals surface area contributed by atoms with Crippen LogP contribution in [0, 0.1) is 0 Å². The summed E-state index contributed by atoms with van der Waals surface area (Å²) in [5.74, 6) is 0. The van der Waals surface area contributed by atoms with Crippen molar-refractivity contribution in [3.8, 4) is 0 Å². The van der Waals surface area contributed by atoms with Crippen molar-refractivity contribution >= 4 is 10.1 Å². The van der Waals surface area contributed by atoms with Crippen LogP contribution < -0.4 is 51.4 Å². The minimum atomic E-state index is -4.17. The topological polar surface area (TPSA) is 77.4 Å². The molecule has 4 nitrogen and oxygen atoms in total. The number of rotatable bonds is 20. The minimum Gasteiger partial charge on any atom is -0.748 e. The Morgan fingerprint density at radius 3 is 1.43 bits per heavy atom. The molecule has 0 aromatic heterocycles. The molecule has 2 unspecified atom stereocenters. The molecule has 0 saturated heterocycles. The minimum absolute atomic E-state index is 0. The predicted molar refractivity (Wildman–Crippen MR) is 114 cm³/mol. The summed E-state index contributed by atoms with van der Waals surface area (Å²) in [6, 6.07) is 0. The molecule has 0 rings (SSSR count). The molecule has 0 aliphatic rings. The Morgan fingerprint density at radius 2 is 1.04 bits per heavy atom. The molecule has 6 heteroatoms. The van der Waals surface area contributed by atoms with E-state index < -0.39 is 15.4 Å². The van der Waals surface area contributed by atoms with E-state index in [2.05, 4.69) is 13.8 Å². The Bertz CT molecular complexity index is 415. The maximum Gasteiger partial charge on any atom is 1.00 e. The van der Waals surface area contributed by atoms with E-state index in [0.717, 1.165) is 70.6 Å². The molecule has 0 aliphatic heterocycles. The van der Waals surface area contributed by atoms with Crippen LogP contribution in [0.15, 0.2) is 0 Å². The monoisotopic (exact) mass is 444 g/mol. The van der Waals surface area contributed by atoms with Crippen molar-refractivity contribution < 1.29 is 69.5 Å². The second-order valence-corrected chi connectivity index (χ2v) is 9.82. The van der Waals surface area contributed by atoms with E-state index in [1.807, 2.05) is 0 Å². The number of hydrogen-bond acceptors (Lipinski definition) is 4. The Hall–Kier alpha value is 1.51. The quantitative estimate of drug-likeness (QED) is 0.177. The maximum atomic E-state index is 11.5. The Balaban J connectivity index is 0. The smallest absolute Gasteiger partial charge is 0.748 e. The van der Waals surface area contributed by atoms with Gasteiger partial charge in [0.15, 0.2) is 0 Å². The molecule has 0 aliphatic carbocycles. The molecular formula is C22H45KO4S. The first-order valence-corrected chi connectivity index (χ1v) is 13.0. The third-order valence-electron chi connectivity index (χ3n) is 5.47. The Morgan fingerprint density at radius 1 is 0.643 bits per heavy atom. The van der Waals surface area contributed by atoms with E-state index in [1.54, 1.807) is 0 Å². The molecule has 0 fully saturated rings. The van der Waals surface area contributed by atoms with Gasteiger partial charge in [0.2, 0.25) is 0 Å². The fraction of sp³-hybridized carbons (Fsp3) is 1.00. The van der Waals surface area contributed by atoms with Crippen molar-refractivity contribution in [3.05, 3.63) is 0 Å². The summed E-state index contributed by atoms with van der Waals surface area (Å²) in [5.41, 5.74) is 0. The maximum absolute atomic E-state index is 11.5. The Labute approximate surface area is 218 Å². The molecule has 0 saturated carbocycles. The fourth-order valence-electron chi connectivity index (χ4n) is 3.70. The standard InChI is InChI=1S/C22H46O4S.K/c1-3-5-6-7-8-9-12-15-19-22(27(24,25)26)20-16-13-10-11-14-18-21(23)17-4-2;/h21-23H,3-20H2,1-2H3,(H,24,25,26);/q;+1/p-1. The van der Waals surface area contributed by atoms with Gasteiger partial charge < -0.3 is 9.66 Å². The third-order valence-corrected chi connectivity index (χ3v) is 6.76. The van der Waals surface area contributed by atoms with Gasteiger partial charge in [0.25, 0.3) is 0 Å². The van der Waals surface area contributed by atoms with Crippen LogP contribution in [0.25, 0.3) is 0 Å². The van der Waals surface area contributed by atoms with Crippen molar-refractivity contribution in [1.29, 1.82) is 0 Å². The summed E-state index contributed by atoms with van der Waals surface area (Å²) in [5, 5.41) is 9.00. The molecule has 0 bridgehead atoms. The second-order valence-electron chi connectivity index (χ2n) is 8.17. The number of unbranched alkanes of at least 4 members (excludes halogenated alkanes) is 11. The van der Waals surface area contributed by atoms with Gasteiger partial charge in [-0.3, -0.25) is 0 Å². The van der Waals surface area contributed by atoms with Gasteiger partial charge in [0.1, 0.15) is 0 Å². The largest absolute Gasteiger partial charge is 1.00 e. The van der Waals surface area contributed by atoms with Gasteiger partial charge in [-0.05, 0) is 25.7 Å². The van der Waals surface area contributed by atoms with Gasteiger partial charge in [-0.1, -0.05) is 104 Å². The van der Waals surface area contributed by atoms with Crippen LogP contribution in [0.2, 0.25) is 0 Å². The van der Waals surface area contributed by atoms with E-state index in [4.69, 9.17) is 0 Å². The van der Waals surface area contributed by atoms with Crippen LogP contribution in [0.1, 0.15) is 129 Å². The van der Waals surface area contributed by atoms with Gasteiger partial charge in [-0.25, -0.2) is 8.42 Å². The molecule has 164 valence electrons. The van der Waals surface area contributed by atoms with Gasteiger partial charge in [0, 0.05) is 5.25 Å². The average Bonchev–Trinajstić information content (AvgIpc) is 2.60. The zero-order valence-corrected chi connectivity index (χ0v) is 22.9. The summed E-state index contributed by atoms with van der Waals surface area (Å²) in [4.78, 5) is 0. The normalized spacial score (nSPS) is 13.9. The van der Waals surface area contributed by atoms with Crippen molar-refractivity contribution in [2.45, 2.75) is 141 Å². The number of aliphatic hydroxyl groups excluding tert-OH is 1. The van der Waals surface area contributed by atoms with Gasteiger partial charge >= 0.3 is 51.4 Å². The zero-order valence-electron chi connectivity index (χ0n) is 19.0. The fourth-order valence-corrected chi connectivity index (χ4v) is 4.61. The van der Waals surface area contributed by atoms with Crippen molar-refractivity contribution in [2.24, 2.45) is 0 Å². The van der Waals surface area contributed by atoms with Crippen LogP contribution in [0.4, 0.5) is 0 Å². The van der Waals surface area contributed by atoms with Crippen LogP contribution in [-0.2, 0) is 10.1 Å². The van der Waals surface area contributed by atoms with E-state index in [-0.39, 0.29) is 57.5 Å². The third kappa shape index (κ3) is 20.8. The van der Waals surface area contributed by atoms with E-state index in [9.17, 15) is 18.1 Å². The summed E-state index contributed by atoms with van der Waals surface area (Å²) in [7, 11) is -4.17.